The van der Waals surface area contributed by atoms with Gasteiger partial charge in [-0.2, -0.15) is 0 Å². The average molecular weight is 327 g/mol. The van der Waals surface area contributed by atoms with Gasteiger partial charge in [-0.25, -0.2) is 0 Å². The quantitative estimate of drug-likeness (QED) is 0.211. The third-order valence-corrected chi connectivity index (χ3v) is 4.42. The van der Waals surface area contributed by atoms with Crippen LogP contribution in [0.2, 0.25) is 0 Å². The molecule has 0 amide bonds. The van der Waals surface area contributed by atoms with Crippen molar-refractivity contribution in [2.75, 3.05) is 6.61 Å². The zero-order chi connectivity index (χ0) is 17.2. The first-order valence-electron chi connectivity index (χ1n) is 10.3. The van der Waals surface area contributed by atoms with Crippen LogP contribution in [0.3, 0.4) is 0 Å². The summed E-state index contributed by atoms with van der Waals surface area (Å²) in [5, 5.41) is 0. The highest BCUT2D eigenvalue weighted by atomic mass is 16.5. The monoisotopic (exact) mass is 326 g/mol. The number of carbonyl (C=O) groups excluding carboxylic acids is 1. The molecule has 0 rings (SSSR count). The standard InChI is InChI=1S/C21H42O2/c1-4-5-6-16-19-23-21(22)18-15-13-11-9-7-8-10-12-14-17-20(2)3/h20H,4-19H2,1-3H3. The minimum absolute atomic E-state index is 0.00616. The number of unbranched alkanes of at least 4 members (excludes halogenated alkanes) is 11. The molecule has 138 valence electrons. The highest BCUT2D eigenvalue weighted by molar-refractivity contribution is 5.69. The summed E-state index contributed by atoms with van der Waals surface area (Å²) in [5.41, 5.74) is 0. The summed E-state index contributed by atoms with van der Waals surface area (Å²) >= 11 is 0. The molecule has 0 saturated carbocycles. The van der Waals surface area contributed by atoms with Crippen molar-refractivity contribution >= 4 is 5.97 Å². The number of hydrogen-bond acceptors (Lipinski definition) is 2. The summed E-state index contributed by atoms with van der Waals surface area (Å²) in [5.74, 6) is 0.865. The molecule has 2 heteroatoms. The van der Waals surface area contributed by atoms with Gasteiger partial charge in [-0.15, -0.1) is 0 Å². The Hall–Kier alpha value is -0.530. The van der Waals surface area contributed by atoms with E-state index in [9.17, 15) is 4.79 Å². The van der Waals surface area contributed by atoms with Crippen LogP contribution in [-0.4, -0.2) is 12.6 Å². The van der Waals surface area contributed by atoms with Crippen molar-refractivity contribution in [3.8, 4) is 0 Å². The molecule has 0 fully saturated rings. The van der Waals surface area contributed by atoms with Crippen LogP contribution < -0.4 is 0 Å². The van der Waals surface area contributed by atoms with Gasteiger partial charge in [-0.05, 0) is 18.8 Å². The van der Waals surface area contributed by atoms with Gasteiger partial charge < -0.3 is 4.74 Å². The van der Waals surface area contributed by atoms with Crippen LogP contribution in [0.5, 0.6) is 0 Å². The van der Waals surface area contributed by atoms with Crippen LogP contribution in [0.15, 0.2) is 0 Å². The maximum atomic E-state index is 11.5. The molecule has 0 aliphatic carbocycles. The van der Waals surface area contributed by atoms with Crippen molar-refractivity contribution in [2.45, 2.75) is 117 Å². The minimum Gasteiger partial charge on any atom is -0.466 e. The molecule has 0 heterocycles. The molecule has 0 saturated heterocycles. The van der Waals surface area contributed by atoms with Crippen molar-refractivity contribution in [3.63, 3.8) is 0 Å². The van der Waals surface area contributed by atoms with Crippen LogP contribution in [0.4, 0.5) is 0 Å². The molecular weight excluding hydrogens is 284 g/mol. The van der Waals surface area contributed by atoms with Gasteiger partial charge in [0, 0.05) is 6.42 Å². The molecule has 0 aliphatic rings. The topological polar surface area (TPSA) is 26.3 Å². The molecule has 0 aromatic rings. The molecule has 0 bridgehead atoms. The lowest BCUT2D eigenvalue weighted by molar-refractivity contribution is -0.143. The first-order chi connectivity index (χ1) is 11.2. The van der Waals surface area contributed by atoms with Gasteiger partial charge in [0.15, 0.2) is 0 Å². The fraction of sp³-hybridized carbons (Fsp3) is 0.952. The van der Waals surface area contributed by atoms with E-state index < -0.39 is 0 Å². The molecule has 2 nitrogen and oxygen atoms in total. The van der Waals surface area contributed by atoms with E-state index in [1.165, 1.54) is 77.0 Å². The highest BCUT2D eigenvalue weighted by Crippen LogP contribution is 2.13. The SMILES string of the molecule is CCCCCCOC(=O)CCCCCCCCCCCC(C)C. The molecule has 0 aromatic carbocycles. The van der Waals surface area contributed by atoms with Crippen LogP contribution >= 0.6 is 0 Å². The molecule has 0 aliphatic heterocycles. The molecule has 0 aromatic heterocycles. The summed E-state index contributed by atoms with van der Waals surface area (Å²) in [6.45, 7) is 7.43. The second kappa shape index (κ2) is 17.8. The smallest absolute Gasteiger partial charge is 0.305 e. The van der Waals surface area contributed by atoms with Crippen LogP contribution in [0.1, 0.15) is 117 Å². The van der Waals surface area contributed by atoms with Crippen molar-refractivity contribution in [1.82, 2.24) is 0 Å². The first-order valence-corrected chi connectivity index (χ1v) is 10.3. The fourth-order valence-corrected chi connectivity index (χ4v) is 2.85. The Morgan fingerprint density at radius 3 is 1.83 bits per heavy atom. The molecule has 0 spiro atoms. The average Bonchev–Trinajstić information content (AvgIpc) is 2.52. The third kappa shape index (κ3) is 19.4. The van der Waals surface area contributed by atoms with Gasteiger partial charge in [-0.3, -0.25) is 4.79 Å². The van der Waals surface area contributed by atoms with Gasteiger partial charge in [0.2, 0.25) is 0 Å². The molecule has 23 heavy (non-hydrogen) atoms. The van der Waals surface area contributed by atoms with Gasteiger partial charge in [-0.1, -0.05) is 97.8 Å². The Balaban J connectivity index is 3.13. The highest BCUT2D eigenvalue weighted by Gasteiger charge is 2.02. The Morgan fingerprint density at radius 1 is 0.739 bits per heavy atom. The van der Waals surface area contributed by atoms with E-state index >= 15 is 0 Å². The zero-order valence-corrected chi connectivity index (χ0v) is 16.2. The van der Waals surface area contributed by atoms with E-state index in [1.807, 2.05) is 0 Å². The van der Waals surface area contributed by atoms with E-state index in [1.54, 1.807) is 0 Å². The maximum absolute atomic E-state index is 11.5. The third-order valence-electron chi connectivity index (χ3n) is 4.42. The fourth-order valence-electron chi connectivity index (χ4n) is 2.85. The summed E-state index contributed by atoms with van der Waals surface area (Å²) in [4.78, 5) is 11.5. The minimum atomic E-state index is 0.00616. The number of rotatable bonds is 17. The maximum Gasteiger partial charge on any atom is 0.305 e. The lowest BCUT2D eigenvalue weighted by Crippen LogP contribution is -2.05. The van der Waals surface area contributed by atoms with E-state index in [0.717, 1.165) is 18.8 Å². The summed E-state index contributed by atoms with van der Waals surface area (Å²) in [6, 6.07) is 0. The predicted octanol–water partition coefficient (Wildman–Crippen LogP) is 7.06. The Labute approximate surface area is 145 Å². The normalized spacial score (nSPS) is 11.1. The Morgan fingerprint density at radius 2 is 1.26 bits per heavy atom. The summed E-state index contributed by atoms with van der Waals surface area (Å²) in [7, 11) is 0. The van der Waals surface area contributed by atoms with Crippen LogP contribution in [0.25, 0.3) is 0 Å². The van der Waals surface area contributed by atoms with Gasteiger partial charge in [0.25, 0.3) is 0 Å². The van der Waals surface area contributed by atoms with Gasteiger partial charge >= 0.3 is 5.97 Å². The number of hydrogen-bond donors (Lipinski definition) is 0. The van der Waals surface area contributed by atoms with Crippen molar-refractivity contribution in [1.29, 1.82) is 0 Å². The van der Waals surface area contributed by atoms with Crippen molar-refractivity contribution < 1.29 is 9.53 Å². The largest absolute Gasteiger partial charge is 0.466 e. The second-order valence-electron chi connectivity index (χ2n) is 7.40. The number of ether oxygens (including phenoxy) is 1. The lowest BCUT2D eigenvalue weighted by Gasteiger charge is -2.05. The van der Waals surface area contributed by atoms with E-state index in [4.69, 9.17) is 4.74 Å². The van der Waals surface area contributed by atoms with Crippen LogP contribution in [0, 0.1) is 5.92 Å². The van der Waals surface area contributed by atoms with Crippen molar-refractivity contribution in [2.24, 2.45) is 5.92 Å². The van der Waals surface area contributed by atoms with Gasteiger partial charge in [0.05, 0.1) is 6.61 Å². The molecule has 0 N–H and O–H groups in total. The molecule has 0 atom stereocenters. The molecular formula is C21H42O2. The molecule has 0 radical (unpaired) electrons. The Kier molecular flexibility index (Phi) is 17.4. The number of esters is 1. The second-order valence-corrected chi connectivity index (χ2v) is 7.40. The first kappa shape index (κ1) is 22.5. The van der Waals surface area contributed by atoms with Gasteiger partial charge in [0.1, 0.15) is 0 Å². The predicted molar refractivity (Wildman–Crippen MR) is 101 cm³/mol. The van der Waals surface area contributed by atoms with E-state index in [-0.39, 0.29) is 5.97 Å². The van der Waals surface area contributed by atoms with Crippen LogP contribution in [-0.2, 0) is 9.53 Å². The van der Waals surface area contributed by atoms with Crippen molar-refractivity contribution in [3.05, 3.63) is 0 Å². The Bertz CT molecular complexity index is 248. The number of carbonyl (C=O) groups is 1. The lowest BCUT2D eigenvalue weighted by atomic mass is 10.0. The summed E-state index contributed by atoms with van der Waals surface area (Å²) in [6.07, 6.45) is 18.4. The molecule has 0 unspecified atom stereocenters. The van der Waals surface area contributed by atoms with E-state index in [2.05, 4.69) is 20.8 Å². The summed E-state index contributed by atoms with van der Waals surface area (Å²) < 4.78 is 5.25. The van der Waals surface area contributed by atoms with E-state index in [0.29, 0.717) is 13.0 Å². The zero-order valence-electron chi connectivity index (χ0n) is 16.2.